The summed E-state index contributed by atoms with van der Waals surface area (Å²) in [5, 5.41) is 0. The summed E-state index contributed by atoms with van der Waals surface area (Å²) in [4.78, 5) is 22.5. The van der Waals surface area contributed by atoms with Crippen molar-refractivity contribution in [2.24, 2.45) is 5.73 Å². The maximum Gasteiger partial charge on any atom is 0.239 e. The molecule has 0 aliphatic carbocycles. The number of hydrogen-bond donors (Lipinski definition) is 1. The number of hydrogen-bond acceptors (Lipinski definition) is 5. The Morgan fingerprint density at radius 3 is 2.41 bits per heavy atom. The van der Waals surface area contributed by atoms with E-state index in [1.807, 2.05) is 25.2 Å². The van der Waals surface area contributed by atoms with E-state index in [0.29, 0.717) is 13.1 Å². The van der Waals surface area contributed by atoms with E-state index >= 15 is 0 Å². The monoisotopic (exact) mass is 327 g/mol. The average molecular weight is 328 g/mol. The van der Waals surface area contributed by atoms with Crippen molar-refractivity contribution >= 4 is 24.1 Å². The summed E-state index contributed by atoms with van der Waals surface area (Å²) in [7, 11) is 4.09. The molecule has 124 valence electrons. The predicted molar refractivity (Wildman–Crippen MR) is 91.3 cm³/mol. The Kier molecular flexibility index (Phi) is 7.06. The van der Waals surface area contributed by atoms with Crippen LogP contribution in [0.5, 0.6) is 0 Å². The molecule has 0 radical (unpaired) electrons. The number of rotatable bonds is 4. The molecule has 0 bridgehead atoms. The molecule has 7 heteroatoms. The third kappa shape index (κ3) is 4.83. The number of anilines is 1. The lowest BCUT2D eigenvalue weighted by Crippen LogP contribution is -2.52. The van der Waals surface area contributed by atoms with Crippen molar-refractivity contribution in [3.8, 4) is 0 Å². The molecule has 0 spiro atoms. The maximum absolute atomic E-state index is 11.9. The quantitative estimate of drug-likeness (QED) is 0.875. The number of carbonyl (C=O) groups is 1. The first-order chi connectivity index (χ1) is 9.97. The lowest BCUT2D eigenvalue weighted by molar-refractivity contribution is -0.132. The number of nitrogens with zero attached hydrogens (tertiary/aromatic N) is 4. The molecule has 1 aromatic rings. The molecule has 1 amide bonds. The van der Waals surface area contributed by atoms with E-state index in [2.05, 4.69) is 26.9 Å². The first-order valence-corrected chi connectivity index (χ1v) is 7.36. The summed E-state index contributed by atoms with van der Waals surface area (Å²) in [6.07, 6.45) is 1.93. The predicted octanol–water partition coefficient (Wildman–Crippen LogP) is 0.561. The molecule has 1 unspecified atom stereocenters. The van der Waals surface area contributed by atoms with Crippen molar-refractivity contribution in [1.29, 1.82) is 0 Å². The highest BCUT2D eigenvalue weighted by Gasteiger charge is 2.23. The SMILES string of the molecule is CC(N)C(=O)N1CCN(c2ccc(CN(C)C)cn2)CC1.Cl. The van der Waals surface area contributed by atoms with Crippen LogP contribution in [0.4, 0.5) is 5.82 Å². The second-order valence-electron chi connectivity index (χ2n) is 5.86. The number of pyridine rings is 1. The average Bonchev–Trinajstić information content (AvgIpc) is 2.47. The van der Waals surface area contributed by atoms with Crippen LogP contribution in [0.25, 0.3) is 0 Å². The fraction of sp³-hybridized carbons (Fsp3) is 0.600. The van der Waals surface area contributed by atoms with E-state index in [1.54, 1.807) is 6.92 Å². The lowest BCUT2D eigenvalue weighted by atomic mass is 10.2. The molecule has 1 aliphatic rings. The van der Waals surface area contributed by atoms with Gasteiger partial charge in [0.1, 0.15) is 5.82 Å². The van der Waals surface area contributed by atoms with Crippen LogP contribution in [0.3, 0.4) is 0 Å². The van der Waals surface area contributed by atoms with Crippen molar-refractivity contribution in [3.63, 3.8) is 0 Å². The Morgan fingerprint density at radius 1 is 1.32 bits per heavy atom. The molecular weight excluding hydrogens is 302 g/mol. The largest absolute Gasteiger partial charge is 0.353 e. The summed E-state index contributed by atoms with van der Waals surface area (Å²) < 4.78 is 0. The molecule has 2 heterocycles. The highest BCUT2D eigenvalue weighted by atomic mass is 35.5. The highest BCUT2D eigenvalue weighted by molar-refractivity contribution is 5.85. The molecule has 0 saturated carbocycles. The second-order valence-corrected chi connectivity index (χ2v) is 5.86. The van der Waals surface area contributed by atoms with Crippen LogP contribution in [0, 0.1) is 0 Å². The number of halogens is 1. The minimum Gasteiger partial charge on any atom is -0.353 e. The van der Waals surface area contributed by atoms with Crippen LogP contribution >= 0.6 is 12.4 Å². The van der Waals surface area contributed by atoms with Crippen molar-refractivity contribution in [1.82, 2.24) is 14.8 Å². The molecule has 2 rings (SSSR count). The highest BCUT2D eigenvalue weighted by Crippen LogP contribution is 2.15. The normalized spacial score (nSPS) is 16.4. The zero-order valence-electron chi connectivity index (χ0n) is 13.5. The minimum atomic E-state index is -0.417. The first-order valence-electron chi connectivity index (χ1n) is 7.36. The topological polar surface area (TPSA) is 65.7 Å². The van der Waals surface area contributed by atoms with Gasteiger partial charge in [-0.25, -0.2) is 4.98 Å². The summed E-state index contributed by atoms with van der Waals surface area (Å²) >= 11 is 0. The molecule has 1 saturated heterocycles. The van der Waals surface area contributed by atoms with Crippen molar-refractivity contribution in [2.75, 3.05) is 45.2 Å². The van der Waals surface area contributed by atoms with Gasteiger partial charge in [0.05, 0.1) is 6.04 Å². The Labute approximate surface area is 138 Å². The van der Waals surface area contributed by atoms with Crippen molar-refractivity contribution in [2.45, 2.75) is 19.5 Å². The van der Waals surface area contributed by atoms with Gasteiger partial charge in [0.25, 0.3) is 0 Å². The summed E-state index contributed by atoms with van der Waals surface area (Å²) in [6, 6.07) is 3.75. The van der Waals surface area contributed by atoms with Crippen LogP contribution in [0.1, 0.15) is 12.5 Å². The summed E-state index contributed by atoms with van der Waals surface area (Å²) in [5.41, 5.74) is 6.85. The molecule has 0 aromatic carbocycles. The number of carbonyl (C=O) groups excluding carboxylic acids is 1. The second kappa shape index (κ2) is 8.31. The Hall–Kier alpha value is -1.37. The van der Waals surface area contributed by atoms with Gasteiger partial charge < -0.3 is 20.4 Å². The Bertz CT molecular complexity index is 469. The number of aromatic nitrogens is 1. The zero-order valence-corrected chi connectivity index (χ0v) is 14.3. The van der Waals surface area contributed by atoms with Gasteiger partial charge in [-0.3, -0.25) is 4.79 Å². The van der Waals surface area contributed by atoms with Gasteiger partial charge in [-0.05, 0) is 32.6 Å². The Balaban J connectivity index is 0.00000242. The van der Waals surface area contributed by atoms with Crippen molar-refractivity contribution < 1.29 is 4.79 Å². The van der Waals surface area contributed by atoms with Gasteiger partial charge in [-0.15, -0.1) is 12.4 Å². The smallest absolute Gasteiger partial charge is 0.239 e. The zero-order chi connectivity index (χ0) is 15.4. The van der Waals surface area contributed by atoms with E-state index in [9.17, 15) is 4.79 Å². The van der Waals surface area contributed by atoms with E-state index < -0.39 is 6.04 Å². The molecule has 2 N–H and O–H groups in total. The Morgan fingerprint density at radius 2 is 1.95 bits per heavy atom. The van der Waals surface area contributed by atoms with Gasteiger partial charge in [0.2, 0.25) is 5.91 Å². The van der Waals surface area contributed by atoms with E-state index in [0.717, 1.165) is 25.5 Å². The molecule has 1 aliphatic heterocycles. The fourth-order valence-electron chi connectivity index (χ4n) is 2.51. The van der Waals surface area contributed by atoms with Crippen LogP contribution in [-0.4, -0.2) is 67.0 Å². The van der Waals surface area contributed by atoms with Gasteiger partial charge in [-0.2, -0.15) is 0 Å². The molecule has 22 heavy (non-hydrogen) atoms. The van der Waals surface area contributed by atoms with E-state index in [4.69, 9.17) is 5.73 Å². The van der Waals surface area contributed by atoms with Gasteiger partial charge in [0, 0.05) is 38.9 Å². The van der Waals surface area contributed by atoms with Gasteiger partial charge >= 0.3 is 0 Å². The third-order valence-electron chi connectivity index (χ3n) is 3.61. The van der Waals surface area contributed by atoms with Crippen LogP contribution in [-0.2, 0) is 11.3 Å². The molecule has 1 aromatic heterocycles. The molecular formula is C15H26ClN5O. The standard InChI is InChI=1S/C15H25N5O.ClH/c1-12(16)15(21)20-8-6-19(7-9-20)14-5-4-13(10-17-14)11-18(2)3;/h4-5,10,12H,6-9,11,16H2,1-3H3;1H. The van der Waals surface area contributed by atoms with Crippen LogP contribution in [0.15, 0.2) is 18.3 Å². The van der Waals surface area contributed by atoms with Gasteiger partial charge in [0.15, 0.2) is 0 Å². The summed E-state index contributed by atoms with van der Waals surface area (Å²) in [6.45, 7) is 5.66. The lowest BCUT2D eigenvalue weighted by Gasteiger charge is -2.36. The molecule has 1 atom stereocenters. The first kappa shape index (κ1) is 18.7. The maximum atomic E-state index is 11.9. The number of piperazine rings is 1. The number of amides is 1. The van der Waals surface area contributed by atoms with Crippen LogP contribution in [0.2, 0.25) is 0 Å². The van der Waals surface area contributed by atoms with Gasteiger partial charge in [-0.1, -0.05) is 6.07 Å². The number of nitrogens with two attached hydrogens (primary N) is 1. The van der Waals surface area contributed by atoms with E-state index in [-0.39, 0.29) is 18.3 Å². The minimum absolute atomic E-state index is 0. The third-order valence-corrected chi connectivity index (χ3v) is 3.61. The molecule has 1 fully saturated rings. The van der Waals surface area contributed by atoms with Crippen molar-refractivity contribution in [3.05, 3.63) is 23.9 Å². The van der Waals surface area contributed by atoms with Crippen LogP contribution < -0.4 is 10.6 Å². The fourth-order valence-corrected chi connectivity index (χ4v) is 2.51. The molecule has 6 nitrogen and oxygen atoms in total. The summed E-state index contributed by atoms with van der Waals surface area (Å²) in [5.74, 6) is 1.01. The van der Waals surface area contributed by atoms with E-state index in [1.165, 1.54) is 5.56 Å².